The number of rotatable bonds is 6. The van der Waals surface area contributed by atoms with Crippen molar-refractivity contribution in [3.8, 4) is 0 Å². The van der Waals surface area contributed by atoms with E-state index in [4.69, 9.17) is 0 Å². The number of nitrogens with one attached hydrogen (secondary N) is 1. The Kier molecular flexibility index (Phi) is 4.84. The largest absolute Gasteiger partial charge is 0.320 e. The van der Waals surface area contributed by atoms with Gasteiger partial charge in [-0.05, 0) is 44.1 Å². The number of thiazole rings is 1. The van der Waals surface area contributed by atoms with E-state index in [0.717, 1.165) is 42.1 Å². The van der Waals surface area contributed by atoms with Crippen LogP contribution in [-0.4, -0.2) is 18.6 Å². The van der Waals surface area contributed by atoms with Crippen molar-refractivity contribution in [3.63, 3.8) is 0 Å². The van der Waals surface area contributed by atoms with Crippen LogP contribution >= 0.6 is 11.3 Å². The molecule has 1 aromatic heterocycles. The Morgan fingerprint density at radius 2 is 2.06 bits per heavy atom. The van der Waals surface area contributed by atoms with E-state index in [-0.39, 0.29) is 5.82 Å². The van der Waals surface area contributed by atoms with Gasteiger partial charge in [0, 0.05) is 11.8 Å². The topological polar surface area (TPSA) is 24.9 Å². The standard InChI is InChI=1S/C14H17FN2S/c1-16-8-2-3-13-10-18-14(17-13)9-11-4-6-12(15)7-5-11/h4-7,10,16H,2-3,8-9H2,1H3. The molecule has 0 atom stereocenters. The number of benzene rings is 1. The average Bonchev–Trinajstić information content (AvgIpc) is 2.80. The van der Waals surface area contributed by atoms with Gasteiger partial charge in [0.05, 0.1) is 10.7 Å². The molecule has 1 heterocycles. The number of hydrogen-bond acceptors (Lipinski definition) is 3. The SMILES string of the molecule is CNCCCc1csc(Cc2ccc(F)cc2)n1. The van der Waals surface area contributed by atoms with Gasteiger partial charge < -0.3 is 5.32 Å². The molecular weight excluding hydrogens is 247 g/mol. The third-order valence-electron chi connectivity index (χ3n) is 2.73. The average molecular weight is 264 g/mol. The van der Waals surface area contributed by atoms with E-state index < -0.39 is 0 Å². The lowest BCUT2D eigenvalue weighted by Crippen LogP contribution is -2.08. The lowest BCUT2D eigenvalue weighted by Gasteiger charge is -1.98. The Bertz CT molecular complexity index is 479. The fraction of sp³-hybridized carbons (Fsp3) is 0.357. The Morgan fingerprint density at radius 3 is 2.78 bits per heavy atom. The van der Waals surface area contributed by atoms with Gasteiger partial charge in [-0.15, -0.1) is 11.3 Å². The van der Waals surface area contributed by atoms with Crippen molar-refractivity contribution in [1.82, 2.24) is 10.3 Å². The van der Waals surface area contributed by atoms with E-state index in [1.54, 1.807) is 11.3 Å². The molecule has 2 nitrogen and oxygen atoms in total. The number of aromatic nitrogens is 1. The molecule has 0 spiro atoms. The lowest BCUT2D eigenvalue weighted by atomic mass is 10.1. The summed E-state index contributed by atoms with van der Waals surface area (Å²) in [5.74, 6) is -0.189. The molecule has 0 fully saturated rings. The molecule has 18 heavy (non-hydrogen) atoms. The first kappa shape index (κ1) is 13.2. The van der Waals surface area contributed by atoms with Crippen LogP contribution in [0.15, 0.2) is 29.6 Å². The zero-order valence-corrected chi connectivity index (χ0v) is 11.3. The summed E-state index contributed by atoms with van der Waals surface area (Å²) in [6.45, 7) is 1.02. The van der Waals surface area contributed by atoms with Gasteiger partial charge in [-0.2, -0.15) is 0 Å². The van der Waals surface area contributed by atoms with Crippen LogP contribution in [0.2, 0.25) is 0 Å². The molecule has 0 aliphatic carbocycles. The highest BCUT2D eigenvalue weighted by atomic mass is 32.1. The first-order valence-electron chi connectivity index (χ1n) is 6.10. The first-order chi connectivity index (χ1) is 8.78. The monoisotopic (exact) mass is 264 g/mol. The molecule has 2 rings (SSSR count). The van der Waals surface area contributed by atoms with Gasteiger partial charge in [-0.1, -0.05) is 12.1 Å². The predicted molar refractivity (Wildman–Crippen MR) is 73.6 cm³/mol. The second-order valence-corrected chi connectivity index (χ2v) is 5.19. The maximum atomic E-state index is 12.8. The van der Waals surface area contributed by atoms with Crippen LogP contribution in [-0.2, 0) is 12.8 Å². The second kappa shape index (κ2) is 6.61. The summed E-state index contributed by atoms with van der Waals surface area (Å²) in [5.41, 5.74) is 2.26. The maximum absolute atomic E-state index is 12.8. The van der Waals surface area contributed by atoms with Crippen molar-refractivity contribution in [3.05, 3.63) is 51.7 Å². The molecule has 0 bridgehead atoms. The summed E-state index contributed by atoms with van der Waals surface area (Å²) in [7, 11) is 1.96. The summed E-state index contributed by atoms with van der Waals surface area (Å²) < 4.78 is 12.8. The fourth-order valence-corrected chi connectivity index (χ4v) is 2.63. The van der Waals surface area contributed by atoms with E-state index in [1.807, 2.05) is 19.2 Å². The Labute approximate surface area is 111 Å². The molecule has 0 radical (unpaired) electrons. The Hall–Kier alpha value is -1.26. The molecular formula is C14H17FN2S. The van der Waals surface area contributed by atoms with Crippen LogP contribution in [0, 0.1) is 5.82 Å². The summed E-state index contributed by atoms with van der Waals surface area (Å²) in [5, 5.41) is 6.35. The summed E-state index contributed by atoms with van der Waals surface area (Å²) in [6, 6.07) is 6.63. The predicted octanol–water partition coefficient (Wildman–Crippen LogP) is 3.03. The van der Waals surface area contributed by atoms with Gasteiger partial charge in [-0.3, -0.25) is 0 Å². The third-order valence-corrected chi connectivity index (χ3v) is 3.63. The molecule has 96 valence electrons. The van der Waals surface area contributed by atoms with Crippen LogP contribution in [0.3, 0.4) is 0 Å². The number of nitrogens with zero attached hydrogens (tertiary/aromatic N) is 1. The molecule has 0 unspecified atom stereocenters. The molecule has 1 N–H and O–H groups in total. The molecule has 0 amide bonds. The van der Waals surface area contributed by atoms with Gasteiger partial charge in [-0.25, -0.2) is 9.37 Å². The van der Waals surface area contributed by atoms with Crippen molar-refractivity contribution < 1.29 is 4.39 Å². The van der Waals surface area contributed by atoms with E-state index in [2.05, 4.69) is 15.7 Å². The van der Waals surface area contributed by atoms with Crippen LogP contribution in [0.1, 0.15) is 22.7 Å². The fourth-order valence-electron chi connectivity index (χ4n) is 1.77. The zero-order chi connectivity index (χ0) is 12.8. The quantitative estimate of drug-likeness (QED) is 0.811. The molecule has 0 aliphatic heterocycles. The van der Waals surface area contributed by atoms with Crippen molar-refractivity contribution in [1.29, 1.82) is 0 Å². The highest BCUT2D eigenvalue weighted by Crippen LogP contribution is 2.16. The minimum absolute atomic E-state index is 0.189. The third kappa shape index (κ3) is 3.89. The molecule has 2 aromatic rings. The summed E-state index contributed by atoms with van der Waals surface area (Å²) in [6.07, 6.45) is 2.91. The van der Waals surface area contributed by atoms with E-state index in [0.29, 0.717) is 0 Å². The molecule has 0 saturated carbocycles. The van der Waals surface area contributed by atoms with Gasteiger partial charge in [0.15, 0.2) is 0 Å². The minimum atomic E-state index is -0.189. The molecule has 1 aromatic carbocycles. The molecule has 0 aliphatic rings. The highest BCUT2D eigenvalue weighted by molar-refractivity contribution is 7.09. The van der Waals surface area contributed by atoms with Crippen LogP contribution in [0.5, 0.6) is 0 Å². The molecule has 0 saturated heterocycles. The van der Waals surface area contributed by atoms with Gasteiger partial charge in [0.2, 0.25) is 0 Å². The number of hydrogen-bond donors (Lipinski definition) is 1. The van der Waals surface area contributed by atoms with Crippen molar-refractivity contribution in [2.45, 2.75) is 19.3 Å². The van der Waals surface area contributed by atoms with E-state index in [9.17, 15) is 4.39 Å². The Morgan fingerprint density at radius 1 is 1.28 bits per heavy atom. The summed E-state index contributed by atoms with van der Waals surface area (Å²) in [4.78, 5) is 4.60. The van der Waals surface area contributed by atoms with Crippen molar-refractivity contribution in [2.75, 3.05) is 13.6 Å². The van der Waals surface area contributed by atoms with Gasteiger partial charge in [0.25, 0.3) is 0 Å². The van der Waals surface area contributed by atoms with Crippen LogP contribution in [0.4, 0.5) is 4.39 Å². The molecule has 4 heteroatoms. The van der Waals surface area contributed by atoms with E-state index >= 15 is 0 Å². The lowest BCUT2D eigenvalue weighted by molar-refractivity contribution is 0.627. The van der Waals surface area contributed by atoms with Crippen LogP contribution in [0.25, 0.3) is 0 Å². The Balaban J connectivity index is 1.91. The zero-order valence-electron chi connectivity index (χ0n) is 10.4. The maximum Gasteiger partial charge on any atom is 0.123 e. The smallest absolute Gasteiger partial charge is 0.123 e. The van der Waals surface area contributed by atoms with Crippen LogP contribution < -0.4 is 5.32 Å². The first-order valence-corrected chi connectivity index (χ1v) is 6.98. The van der Waals surface area contributed by atoms with Crippen molar-refractivity contribution >= 4 is 11.3 Å². The number of halogens is 1. The number of aryl methyl sites for hydroxylation is 1. The van der Waals surface area contributed by atoms with E-state index in [1.165, 1.54) is 12.1 Å². The van der Waals surface area contributed by atoms with Crippen molar-refractivity contribution in [2.24, 2.45) is 0 Å². The normalized spacial score (nSPS) is 10.8. The highest BCUT2D eigenvalue weighted by Gasteiger charge is 2.03. The van der Waals surface area contributed by atoms with Gasteiger partial charge in [0.1, 0.15) is 5.82 Å². The summed E-state index contributed by atoms with van der Waals surface area (Å²) >= 11 is 1.68. The van der Waals surface area contributed by atoms with Gasteiger partial charge >= 0.3 is 0 Å². The second-order valence-electron chi connectivity index (χ2n) is 4.24. The minimum Gasteiger partial charge on any atom is -0.320 e.